The van der Waals surface area contributed by atoms with Crippen LogP contribution in [0.5, 0.6) is 0 Å². The first kappa shape index (κ1) is 12.6. The maximum atomic E-state index is 11.7. The van der Waals surface area contributed by atoms with Crippen molar-refractivity contribution in [1.29, 1.82) is 0 Å². The van der Waals surface area contributed by atoms with Gasteiger partial charge in [0.25, 0.3) is 0 Å². The van der Waals surface area contributed by atoms with Crippen LogP contribution < -0.4 is 11.1 Å². The number of aromatic nitrogens is 3. The Morgan fingerprint density at radius 3 is 2.75 bits per heavy atom. The lowest BCUT2D eigenvalue weighted by molar-refractivity contribution is -0.123. The molecule has 0 bridgehead atoms. The van der Waals surface area contributed by atoms with E-state index >= 15 is 0 Å². The summed E-state index contributed by atoms with van der Waals surface area (Å²) in [6.07, 6.45) is 2.08. The van der Waals surface area contributed by atoms with Crippen LogP contribution in [0.1, 0.15) is 39.1 Å². The molecule has 6 nitrogen and oxygen atoms in total. The average Bonchev–Trinajstić information content (AvgIpc) is 2.68. The van der Waals surface area contributed by atoms with Crippen LogP contribution in [0.15, 0.2) is 6.33 Å². The van der Waals surface area contributed by atoms with Crippen LogP contribution in [0.3, 0.4) is 0 Å². The molecule has 1 amide bonds. The number of nitrogens with two attached hydrogens (primary N) is 1. The summed E-state index contributed by atoms with van der Waals surface area (Å²) in [5.41, 5.74) is 5.76. The first-order valence-corrected chi connectivity index (χ1v) is 5.42. The summed E-state index contributed by atoms with van der Waals surface area (Å²) in [6.45, 7) is 5.90. The predicted molar refractivity (Wildman–Crippen MR) is 60.4 cm³/mol. The highest BCUT2D eigenvalue weighted by atomic mass is 16.2. The van der Waals surface area contributed by atoms with E-state index in [1.165, 1.54) is 6.33 Å². The fourth-order valence-electron chi connectivity index (χ4n) is 1.43. The minimum Gasteiger partial charge on any atom is -0.345 e. The van der Waals surface area contributed by atoms with Crippen LogP contribution in [-0.2, 0) is 4.79 Å². The Morgan fingerprint density at radius 2 is 2.25 bits per heavy atom. The number of nitrogens with zero attached hydrogens (tertiary/aromatic N) is 2. The second kappa shape index (κ2) is 5.60. The summed E-state index contributed by atoms with van der Waals surface area (Å²) >= 11 is 0. The lowest BCUT2D eigenvalue weighted by Gasteiger charge is -2.17. The van der Waals surface area contributed by atoms with E-state index in [1.54, 1.807) is 0 Å². The van der Waals surface area contributed by atoms with E-state index < -0.39 is 6.04 Å². The number of rotatable bonds is 5. The largest absolute Gasteiger partial charge is 0.345 e. The number of hydrogen-bond acceptors (Lipinski definition) is 4. The smallest absolute Gasteiger partial charge is 0.237 e. The van der Waals surface area contributed by atoms with Gasteiger partial charge >= 0.3 is 0 Å². The normalized spacial score (nSPS) is 14.8. The number of H-pyrrole nitrogens is 1. The van der Waals surface area contributed by atoms with Crippen molar-refractivity contribution in [2.45, 2.75) is 39.3 Å². The zero-order chi connectivity index (χ0) is 12.1. The van der Waals surface area contributed by atoms with E-state index in [4.69, 9.17) is 5.73 Å². The van der Waals surface area contributed by atoms with Gasteiger partial charge in [-0.3, -0.25) is 9.89 Å². The molecule has 1 rings (SSSR count). The van der Waals surface area contributed by atoms with Gasteiger partial charge in [0.2, 0.25) is 5.91 Å². The number of amides is 1. The van der Waals surface area contributed by atoms with Crippen LogP contribution in [0.2, 0.25) is 0 Å². The highest BCUT2D eigenvalue weighted by Gasteiger charge is 2.18. The number of carbonyl (C=O) groups is 1. The van der Waals surface area contributed by atoms with Gasteiger partial charge in [0.05, 0.1) is 12.1 Å². The number of nitrogens with one attached hydrogen (secondary N) is 2. The molecule has 0 aliphatic heterocycles. The van der Waals surface area contributed by atoms with Gasteiger partial charge in [0.1, 0.15) is 12.2 Å². The molecular weight excluding hydrogens is 206 g/mol. The van der Waals surface area contributed by atoms with Crippen LogP contribution in [0.25, 0.3) is 0 Å². The van der Waals surface area contributed by atoms with Gasteiger partial charge in [-0.15, -0.1) is 0 Å². The summed E-state index contributed by atoms with van der Waals surface area (Å²) < 4.78 is 0. The summed E-state index contributed by atoms with van der Waals surface area (Å²) in [7, 11) is 0. The molecule has 0 fully saturated rings. The third-order valence-corrected chi connectivity index (χ3v) is 2.26. The maximum Gasteiger partial charge on any atom is 0.237 e. The summed E-state index contributed by atoms with van der Waals surface area (Å²) in [4.78, 5) is 15.7. The molecule has 6 heteroatoms. The third-order valence-electron chi connectivity index (χ3n) is 2.26. The van der Waals surface area contributed by atoms with Crippen LogP contribution in [0.4, 0.5) is 0 Å². The number of aromatic amines is 1. The molecule has 0 saturated carbocycles. The zero-order valence-electron chi connectivity index (χ0n) is 9.90. The van der Waals surface area contributed by atoms with Crippen LogP contribution in [-0.4, -0.2) is 27.1 Å². The fourth-order valence-corrected chi connectivity index (χ4v) is 1.43. The Bertz CT molecular complexity index is 322. The summed E-state index contributed by atoms with van der Waals surface area (Å²) in [6, 6.07) is -0.668. The molecule has 90 valence electrons. The van der Waals surface area contributed by atoms with Gasteiger partial charge in [-0.25, -0.2) is 4.98 Å². The van der Waals surface area contributed by atoms with Gasteiger partial charge in [-0.05, 0) is 19.3 Å². The number of hydrogen-bond donors (Lipinski definition) is 3. The molecule has 0 aliphatic carbocycles. The van der Waals surface area contributed by atoms with E-state index in [2.05, 4.69) is 20.5 Å². The standard InChI is InChI=1S/C10H19N5O/c1-6(2)4-8(11)10(16)14-7(3)9-12-5-13-15-9/h5-8H,4,11H2,1-3H3,(H,14,16)(H,12,13,15)/t7?,8-/m0/s1. The van der Waals surface area contributed by atoms with Gasteiger partial charge < -0.3 is 11.1 Å². The van der Waals surface area contributed by atoms with Gasteiger partial charge in [0, 0.05) is 0 Å². The molecule has 0 aromatic carbocycles. The Hall–Kier alpha value is -1.43. The second-order valence-corrected chi connectivity index (χ2v) is 4.34. The maximum absolute atomic E-state index is 11.7. The highest BCUT2D eigenvalue weighted by Crippen LogP contribution is 2.07. The van der Waals surface area contributed by atoms with Crippen LogP contribution >= 0.6 is 0 Å². The van der Waals surface area contributed by atoms with E-state index in [0.29, 0.717) is 18.2 Å². The lowest BCUT2D eigenvalue weighted by atomic mass is 10.0. The molecule has 0 spiro atoms. The molecule has 1 aromatic rings. The zero-order valence-corrected chi connectivity index (χ0v) is 9.90. The van der Waals surface area contributed by atoms with Crippen molar-refractivity contribution in [1.82, 2.24) is 20.5 Å². The molecule has 4 N–H and O–H groups in total. The van der Waals surface area contributed by atoms with Gasteiger partial charge in [-0.2, -0.15) is 5.10 Å². The van der Waals surface area contributed by atoms with Crippen molar-refractivity contribution in [3.05, 3.63) is 12.2 Å². The van der Waals surface area contributed by atoms with Crippen molar-refractivity contribution in [3.63, 3.8) is 0 Å². The van der Waals surface area contributed by atoms with Crippen molar-refractivity contribution in [2.24, 2.45) is 11.7 Å². The van der Waals surface area contributed by atoms with Gasteiger partial charge in [0.15, 0.2) is 0 Å². The van der Waals surface area contributed by atoms with E-state index in [1.807, 2.05) is 20.8 Å². The Balaban J connectivity index is 2.45. The monoisotopic (exact) mass is 225 g/mol. The second-order valence-electron chi connectivity index (χ2n) is 4.34. The average molecular weight is 225 g/mol. The minimum atomic E-state index is -0.467. The molecule has 1 heterocycles. The summed E-state index contributed by atoms with van der Waals surface area (Å²) in [5.74, 6) is 0.879. The van der Waals surface area contributed by atoms with Crippen molar-refractivity contribution in [3.8, 4) is 0 Å². The summed E-state index contributed by atoms with van der Waals surface area (Å²) in [5, 5.41) is 9.22. The molecule has 1 unspecified atom stereocenters. The van der Waals surface area contributed by atoms with E-state index in [0.717, 1.165) is 0 Å². The first-order chi connectivity index (χ1) is 7.50. The Kier molecular flexibility index (Phi) is 4.42. The predicted octanol–water partition coefficient (Wildman–Crippen LogP) is 0.355. The molecule has 0 saturated heterocycles. The number of carbonyl (C=O) groups excluding carboxylic acids is 1. The van der Waals surface area contributed by atoms with Crippen molar-refractivity contribution >= 4 is 5.91 Å². The molecule has 1 aromatic heterocycles. The molecule has 16 heavy (non-hydrogen) atoms. The topological polar surface area (TPSA) is 96.7 Å². The fraction of sp³-hybridized carbons (Fsp3) is 0.700. The SMILES string of the molecule is CC(C)C[C@H](N)C(=O)NC(C)c1ncn[nH]1. The highest BCUT2D eigenvalue weighted by molar-refractivity contribution is 5.81. The molecule has 0 aliphatic rings. The van der Waals surface area contributed by atoms with Crippen molar-refractivity contribution < 1.29 is 4.79 Å². The first-order valence-electron chi connectivity index (χ1n) is 5.42. The van der Waals surface area contributed by atoms with Crippen LogP contribution in [0, 0.1) is 5.92 Å². The Morgan fingerprint density at radius 1 is 1.56 bits per heavy atom. The van der Waals surface area contributed by atoms with E-state index in [9.17, 15) is 4.79 Å². The van der Waals surface area contributed by atoms with E-state index in [-0.39, 0.29) is 11.9 Å². The lowest BCUT2D eigenvalue weighted by Crippen LogP contribution is -2.42. The molecular formula is C10H19N5O. The molecule has 2 atom stereocenters. The quantitative estimate of drug-likeness (QED) is 0.673. The molecule has 0 radical (unpaired) electrons. The van der Waals surface area contributed by atoms with Crippen molar-refractivity contribution in [2.75, 3.05) is 0 Å². The Labute approximate surface area is 95.0 Å². The third kappa shape index (κ3) is 3.62. The minimum absolute atomic E-state index is 0.155. The van der Waals surface area contributed by atoms with Gasteiger partial charge in [-0.1, -0.05) is 13.8 Å².